The van der Waals surface area contributed by atoms with Crippen LogP contribution in [0.4, 0.5) is 0 Å². The quantitative estimate of drug-likeness (QED) is 0.850. The van der Waals surface area contributed by atoms with Gasteiger partial charge in [0.2, 0.25) is 10.0 Å². The zero-order valence-corrected chi connectivity index (χ0v) is 15.9. The zero-order valence-electron chi connectivity index (χ0n) is 15.1. The number of hydrogen-bond acceptors (Lipinski definition) is 5. The molecule has 0 saturated carbocycles. The lowest BCUT2D eigenvalue weighted by atomic mass is 9.76. The molecule has 2 aromatic rings. The largest absolute Gasteiger partial charge is 0.389 e. The molecule has 2 atom stereocenters. The van der Waals surface area contributed by atoms with Gasteiger partial charge in [0.1, 0.15) is 0 Å². The summed E-state index contributed by atoms with van der Waals surface area (Å²) >= 11 is 0. The molecule has 0 bridgehead atoms. The van der Waals surface area contributed by atoms with Crippen molar-refractivity contribution >= 4 is 21.1 Å². The molecule has 8 heteroatoms. The van der Waals surface area contributed by atoms with Crippen molar-refractivity contribution in [3.8, 4) is 0 Å². The van der Waals surface area contributed by atoms with Crippen LogP contribution >= 0.6 is 0 Å². The summed E-state index contributed by atoms with van der Waals surface area (Å²) in [5, 5.41) is 10.9. The fourth-order valence-corrected chi connectivity index (χ4v) is 5.16. The van der Waals surface area contributed by atoms with Gasteiger partial charge in [-0.15, -0.1) is 0 Å². The minimum atomic E-state index is -3.20. The number of likely N-dealkylation sites (tertiary alicyclic amines) is 1. The maximum atomic E-state index is 11.9. The molecule has 2 fully saturated rings. The van der Waals surface area contributed by atoms with Crippen molar-refractivity contribution in [2.45, 2.75) is 25.0 Å². The van der Waals surface area contributed by atoms with Gasteiger partial charge in [-0.1, -0.05) is 12.1 Å². The SMILES string of the molecule is CS(=O)(=O)N1CC[C@]2(O)CCN(CCn3cnc4ccccc43)C[C@@H]2C1. The average molecular weight is 378 g/mol. The van der Waals surface area contributed by atoms with Crippen molar-refractivity contribution in [1.29, 1.82) is 0 Å². The third-order valence-electron chi connectivity index (χ3n) is 5.97. The average Bonchev–Trinajstić information content (AvgIpc) is 3.02. The van der Waals surface area contributed by atoms with Crippen molar-refractivity contribution in [3.63, 3.8) is 0 Å². The van der Waals surface area contributed by atoms with Gasteiger partial charge in [0, 0.05) is 45.2 Å². The van der Waals surface area contributed by atoms with Crippen LogP contribution in [0.3, 0.4) is 0 Å². The van der Waals surface area contributed by atoms with E-state index in [9.17, 15) is 13.5 Å². The molecule has 7 nitrogen and oxygen atoms in total. The van der Waals surface area contributed by atoms with Gasteiger partial charge < -0.3 is 14.6 Å². The fourth-order valence-electron chi connectivity index (χ4n) is 4.28. The van der Waals surface area contributed by atoms with Crippen molar-refractivity contribution in [3.05, 3.63) is 30.6 Å². The van der Waals surface area contributed by atoms with Crippen LogP contribution in [0, 0.1) is 5.92 Å². The second-order valence-electron chi connectivity index (χ2n) is 7.65. The normalized spacial score (nSPS) is 28.3. The number of para-hydroxylation sites is 2. The van der Waals surface area contributed by atoms with Crippen molar-refractivity contribution in [2.24, 2.45) is 5.92 Å². The molecule has 0 aliphatic carbocycles. The summed E-state index contributed by atoms with van der Waals surface area (Å²) in [6, 6.07) is 8.09. The van der Waals surface area contributed by atoms with Crippen LogP contribution in [0.15, 0.2) is 30.6 Å². The molecule has 4 rings (SSSR count). The van der Waals surface area contributed by atoms with Crippen LogP contribution in [0.2, 0.25) is 0 Å². The van der Waals surface area contributed by atoms with Gasteiger partial charge in [-0.3, -0.25) is 0 Å². The Balaban J connectivity index is 1.42. The van der Waals surface area contributed by atoms with E-state index in [0.717, 1.165) is 37.2 Å². The first-order valence-electron chi connectivity index (χ1n) is 9.15. The molecule has 142 valence electrons. The predicted octanol–water partition coefficient (Wildman–Crippen LogP) is 0.755. The molecule has 0 amide bonds. The Morgan fingerprint density at radius 3 is 2.77 bits per heavy atom. The van der Waals surface area contributed by atoms with Crippen LogP contribution in [0.5, 0.6) is 0 Å². The third-order valence-corrected chi connectivity index (χ3v) is 7.24. The van der Waals surface area contributed by atoms with Crippen LogP contribution in [0.25, 0.3) is 11.0 Å². The molecule has 26 heavy (non-hydrogen) atoms. The minimum Gasteiger partial charge on any atom is -0.389 e. The highest BCUT2D eigenvalue weighted by Crippen LogP contribution is 2.36. The number of aliphatic hydroxyl groups is 1. The van der Waals surface area contributed by atoms with E-state index in [1.165, 1.54) is 10.6 Å². The molecular weight excluding hydrogens is 352 g/mol. The van der Waals surface area contributed by atoms with Gasteiger partial charge in [0.15, 0.2) is 0 Å². The summed E-state index contributed by atoms with van der Waals surface area (Å²) in [7, 11) is -3.20. The van der Waals surface area contributed by atoms with E-state index in [1.54, 1.807) is 0 Å². The Hall–Kier alpha value is -1.48. The Labute approximate surface area is 154 Å². The zero-order chi connectivity index (χ0) is 18.4. The summed E-state index contributed by atoms with van der Waals surface area (Å²) in [5.41, 5.74) is 1.40. The molecule has 0 unspecified atom stereocenters. The number of imidazole rings is 1. The molecule has 1 aromatic heterocycles. The van der Waals surface area contributed by atoms with E-state index in [1.807, 2.05) is 24.5 Å². The maximum absolute atomic E-state index is 11.9. The summed E-state index contributed by atoms with van der Waals surface area (Å²) in [5.74, 6) is -0.0285. The molecule has 3 heterocycles. The van der Waals surface area contributed by atoms with Gasteiger partial charge in [0.25, 0.3) is 0 Å². The Morgan fingerprint density at radius 1 is 1.19 bits per heavy atom. The number of sulfonamides is 1. The first kappa shape index (κ1) is 17.9. The molecular formula is C18H26N4O3S. The molecule has 2 aliphatic rings. The fraction of sp³-hybridized carbons (Fsp3) is 0.611. The summed E-state index contributed by atoms with van der Waals surface area (Å²) in [4.78, 5) is 6.76. The van der Waals surface area contributed by atoms with E-state index in [-0.39, 0.29) is 5.92 Å². The van der Waals surface area contributed by atoms with Crippen molar-refractivity contribution in [2.75, 3.05) is 39.0 Å². The Morgan fingerprint density at radius 2 is 1.96 bits per heavy atom. The number of piperidine rings is 2. The van der Waals surface area contributed by atoms with Crippen LogP contribution < -0.4 is 0 Å². The van der Waals surface area contributed by atoms with E-state index >= 15 is 0 Å². The number of rotatable bonds is 4. The summed E-state index contributed by atoms with van der Waals surface area (Å²) in [6.45, 7) is 4.12. The van der Waals surface area contributed by atoms with Crippen LogP contribution in [-0.4, -0.2) is 76.9 Å². The first-order chi connectivity index (χ1) is 12.4. The lowest BCUT2D eigenvalue weighted by Crippen LogP contribution is -2.60. The minimum absolute atomic E-state index is 0.0285. The highest BCUT2D eigenvalue weighted by Gasteiger charge is 2.46. The molecule has 0 spiro atoms. The Kier molecular flexibility index (Phi) is 4.54. The highest BCUT2D eigenvalue weighted by atomic mass is 32.2. The second-order valence-corrected chi connectivity index (χ2v) is 9.63. The molecule has 1 aromatic carbocycles. The first-order valence-corrected chi connectivity index (χ1v) is 11.0. The van der Waals surface area contributed by atoms with Crippen LogP contribution in [0.1, 0.15) is 12.8 Å². The number of nitrogens with zero attached hydrogens (tertiary/aromatic N) is 4. The van der Waals surface area contributed by atoms with Gasteiger partial charge in [0.05, 0.1) is 29.2 Å². The van der Waals surface area contributed by atoms with Gasteiger partial charge in [-0.05, 0) is 25.0 Å². The predicted molar refractivity (Wildman–Crippen MR) is 100 cm³/mol. The summed E-state index contributed by atoms with van der Waals surface area (Å²) < 4.78 is 27.4. The number of benzene rings is 1. The number of hydrogen-bond donors (Lipinski definition) is 1. The van der Waals surface area contributed by atoms with Gasteiger partial charge in [-0.2, -0.15) is 0 Å². The van der Waals surface area contributed by atoms with E-state index < -0.39 is 15.6 Å². The van der Waals surface area contributed by atoms with E-state index in [0.29, 0.717) is 25.9 Å². The molecule has 1 N–H and O–H groups in total. The lowest BCUT2D eigenvalue weighted by molar-refractivity contribution is -0.101. The monoisotopic (exact) mass is 378 g/mol. The molecule has 2 aliphatic heterocycles. The summed E-state index contributed by atoms with van der Waals surface area (Å²) in [6.07, 6.45) is 4.36. The third kappa shape index (κ3) is 3.38. The topological polar surface area (TPSA) is 78.7 Å². The smallest absolute Gasteiger partial charge is 0.211 e. The standard InChI is InChI=1S/C18H26N4O3S/c1-26(24,25)22-9-7-18(23)6-8-20(12-15(18)13-22)10-11-21-14-19-16-4-2-3-5-17(16)21/h2-5,14-15,23H,6-13H2,1H3/t15-,18-/m1/s1. The van der Waals surface area contributed by atoms with Crippen molar-refractivity contribution in [1.82, 2.24) is 18.8 Å². The lowest BCUT2D eigenvalue weighted by Gasteiger charge is -2.49. The molecule has 2 saturated heterocycles. The van der Waals surface area contributed by atoms with E-state index in [2.05, 4.69) is 20.5 Å². The Bertz CT molecular complexity index is 897. The van der Waals surface area contributed by atoms with E-state index in [4.69, 9.17) is 0 Å². The number of fused-ring (bicyclic) bond motifs is 2. The maximum Gasteiger partial charge on any atom is 0.211 e. The molecule has 0 radical (unpaired) electrons. The van der Waals surface area contributed by atoms with Crippen molar-refractivity contribution < 1.29 is 13.5 Å². The highest BCUT2D eigenvalue weighted by molar-refractivity contribution is 7.88. The number of aromatic nitrogens is 2. The van der Waals surface area contributed by atoms with Gasteiger partial charge in [-0.25, -0.2) is 17.7 Å². The van der Waals surface area contributed by atoms with Crippen LogP contribution in [-0.2, 0) is 16.6 Å². The second kappa shape index (κ2) is 6.60. The van der Waals surface area contributed by atoms with Gasteiger partial charge >= 0.3 is 0 Å².